The largest absolute Gasteiger partial charge is 0.353 e. The van der Waals surface area contributed by atoms with Gasteiger partial charge in [0.25, 0.3) is 0 Å². The van der Waals surface area contributed by atoms with E-state index < -0.39 is 5.82 Å². The van der Waals surface area contributed by atoms with Crippen molar-refractivity contribution in [3.63, 3.8) is 0 Å². The second kappa shape index (κ2) is 8.27. The van der Waals surface area contributed by atoms with Crippen molar-refractivity contribution in [3.8, 4) is 0 Å². The number of hydrogen-bond donors (Lipinski definition) is 1. The number of nitrogens with one attached hydrogen (secondary N) is 1. The summed E-state index contributed by atoms with van der Waals surface area (Å²) in [6, 6.07) is 28.3. The Morgan fingerprint density at radius 3 is 1.93 bits per heavy atom. The fourth-order valence-electron chi connectivity index (χ4n) is 2.90. The van der Waals surface area contributed by atoms with Crippen LogP contribution in [0.5, 0.6) is 0 Å². The molecule has 3 aromatic carbocycles. The van der Waals surface area contributed by atoms with E-state index in [1.807, 2.05) is 60.7 Å². The van der Waals surface area contributed by atoms with E-state index in [-0.39, 0.29) is 5.69 Å². The SMILES string of the molecule is Fc1c(N=C(c2ccccc2)c2ccccc2)cccc1Nc1ccncc1. The summed E-state index contributed by atoms with van der Waals surface area (Å²) < 4.78 is 15.2. The molecular weight excluding hydrogens is 349 g/mol. The first kappa shape index (κ1) is 17.6. The third kappa shape index (κ3) is 3.96. The molecule has 4 rings (SSSR count). The minimum absolute atomic E-state index is 0.279. The maximum Gasteiger partial charge on any atom is 0.172 e. The van der Waals surface area contributed by atoms with Crippen LogP contribution >= 0.6 is 0 Å². The molecule has 1 N–H and O–H groups in total. The quantitative estimate of drug-likeness (QED) is 0.431. The maximum absolute atomic E-state index is 15.2. The van der Waals surface area contributed by atoms with Gasteiger partial charge in [-0.15, -0.1) is 0 Å². The summed E-state index contributed by atoms with van der Waals surface area (Å²) in [6.45, 7) is 0. The van der Waals surface area contributed by atoms with Gasteiger partial charge in [-0.2, -0.15) is 0 Å². The Bertz CT molecular complexity index is 1040. The van der Waals surface area contributed by atoms with Crippen molar-refractivity contribution < 1.29 is 4.39 Å². The average Bonchev–Trinajstić information content (AvgIpc) is 2.76. The van der Waals surface area contributed by atoms with Crippen LogP contribution in [0.25, 0.3) is 0 Å². The summed E-state index contributed by atoms with van der Waals surface area (Å²) in [6.07, 6.45) is 3.32. The van der Waals surface area contributed by atoms with Crippen LogP contribution in [0.4, 0.5) is 21.5 Å². The lowest BCUT2D eigenvalue weighted by Gasteiger charge is -2.11. The number of rotatable bonds is 5. The van der Waals surface area contributed by atoms with E-state index in [1.54, 1.807) is 42.7 Å². The van der Waals surface area contributed by atoms with Crippen molar-refractivity contribution in [2.75, 3.05) is 5.32 Å². The predicted molar refractivity (Wildman–Crippen MR) is 112 cm³/mol. The number of aromatic nitrogens is 1. The van der Waals surface area contributed by atoms with E-state index >= 15 is 4.39 Å². The molecule has 1 aromatic heterocycles. The van der Waals surface area contributed by atoms with Crippen molar-refractivity contribution in [1.29, 1.82) is 0 Å². The van der Waals surface area contributed by atoms with Gasteiger partial charge in [0.15, 0.2) is 5.82 Å². The highest BCUT2D eigenvalue weighted by Crippen LogP contribution is 2.28. The lowest BCUT2D eigenvalue weighted by atomic mass is 10.0. The Hall–Kier alpha value is -3.79. The monoisotopic (exact) mass is 367 g/mol. The third-order valence-corrected chi connectivity index (χ3v) is 4.26. The second-order valence-corrected chi connectivity index (χ2v) is 6.19. The Morgan fingerprint density at radius 1 is 0.714 bits per heavy atom. The van der Waals surface area contributed by atoms with Crippen molar-refractivity contribution in [3.05, 3.63) is 120 Å². The van der Waals surface area contributed by atoms with Crippen LogP contribution in [0.2, 0.25) is 0 Å². The van der Waals surface area contributed by atoms with Crippen molar-refractivity contribution in [1.82, 2.24) is 4.98 Å². The fraction of sp³-hybridized carbons (Fsp3) is 0. The van der Waals surface area contributed by atoms with Gasteiger partial charge < -0.3 is 5.32 Å². The van der Waals surface area contributed by atoms with E-state index in [0.29, 0.717) is 5.69 Å². The normalized spacial score (nSPS) is 10.3. The molecule has 0 saturated carbocycles. The van der Waals surface area contributed by atoms with Crippen LogP contribution in [0, 0.1) is 5.82 Å². The van der Waals surface area contributed by atoms with Gasteiger partial charge in [0, 0.05) is 29.2 Å². The zero-order chi connectivity index (χ0) is 19.2. The lowest BCUT2D eigenvalue weighted by Crippen LogP contribution is -2.03. The summed E-state index contributed by atoms with van der Waals surface area (Å²) in [5.41, 5.74) is 4.00. The smallest absolute Gasteiger partial charge is 0.172 e. The van der Waals surface area contributed by atoms with Crippen LogP contribution in [-0.2, 0) is 0 Å². The van der Waals surface area contributed by atoms with Crippen molar-refractivity contribution in [2.45, 2.75) is 0 Å². The zero-order valence-electron chi connectivity index (χ0n) is 15.1. The molecule has 4 heteroatoms. The van der Waals surface area contributed by atoms with E-state index in [9.17, 15) is 0 Å². The van der Waals surface area contributed by atoms with E-state index in [4.69, 9.17) is 4.99 Å². The molecular formula is C24H18FN3. The van der Waals surface area contributed by atoms with Crippen molar-refractivity contribution in [2.24, 2.45) is 4.99 Å². The van der Waals surface area contributed by atoms with E-state index in [0.717, 1.165) is 22.5 Å². The minimum atomic E-state index is -0.399. The van der Waals surface area contributed by atoms with Crippen LogP contribution in [0.1, 0.15) is 11.1 Å². The van der Waals surface area contributed by atoms with Gasteiger partial charge in [0.05, 0.1) is 11.4 Å². The summed E-state index contributed by atoms with van der Waals surface area (Å²) in [4.78, 5) is 8.67. The second-order valence-electron chi connectivity index (χ2n) is 6.19. The van der Waals surface area contributed by atoms with Gasteiger partial charge in [-0.25, -0.2) is 9.38 Å². The van der Waals surface area contributed by atoms with E-state index in [1.165, 1.54) is 0 Å². The molecule has 0 unspecified atom stereocenters. The highest BCUT2D eigenvalue weighted by atomic mass is 19.1. The molecule has 3 nitrogen and oxygen atoms in total. The molecule has 0 aliphatic carbocycles. The first-order chi connectivity index (χ1) is 13.8. The Kier molecular flexibility index (Phi) is 5.20. The van der Waals surface area contributed by atoms with Gasteiger partial charge in [-0.3, -0.25) is 4.98 Å². The molecule has 0 aliphatic heterocycles. The Labute approximate surface area is 163 Å². The number of halogens is 1. The van der Waals surface area contributed by atoms with E-state index in [2.05, 4.69) is 10.3 Å². The molecule has 0 bridgehead atoms. The van der Waals surface area contributed by atoms with Crippen LogP contribution in [-0.4, -0.2) is 10.7 Å². The van der Waals surface area contributed by atoms with Crippen LogP contribution in [0.15, 0.2) is 108 Å². The topological polar surface area (TPSA) is 37.3 Å². The van der Waals surface area contributed by atoms with Crippen molar-refractivity contribution >= 4 is 22.8 Å². The predicted octanol–water partition coefficient (Wildman–Crippen LogP) is 6.13. The molecule has 4 aromatic rings. The molecule has 1 heterocycles. The first-order valence-corrected chi connectivity index (χ1v) is 8.96. The molecule has 0 fully saturated rings. The number of aliphatic imine (C=N–C) groups is 1. The average molecular weight is 367 g/mol. The molecule has 136 valence electrons. The van der Waals surface area contributed by atoms with Gasteiger partial charge in [-0.1, -0.05) is 66.7 Å². The molecule has 28 heavy (non-hydrogen) atoms. The van der Waals surface area contributed by atoms with Crippen LogP contribution < -0.4 is 5.32 Å². The molecule has 0 saturated heterocycles. The summed E-state index contributed by atoms with van der Waals surface area (Å²) >= 11 is 0. The Balaban J connectivity index is 1.78. The van der Waals surface area contributed by atoms with Gasteiger partial charge in [0.2, 0.25) is 0 Å². The van der Waals surface area contributed by atoms with Gasteiger partial charge >= 0.3 is 0 Å². The number of pyridine rings is 1. The maximum atomic E-state index is 15.2. The molecule has 0 radical (unpaired) electrons. The third-order valence-electron chi connectivity index (χ3n) is 4.26. The lowest BCUT2D eigenvalue weighted by molar-refractivity contribution is 0.634. The minimum Gasteiger partial charge on any atom is -0.353 e. The standard InChI is InChI=1S/C24H18FN3/c25-23-21(27-20-14-16-26-17-15-20)12-7-13-22(23)28-24(18-8-3-1-4-9-18)19-10-5-2-6-11-19/h1-17H,(H,26,27). The molecule has 0 aliphatic rings. The van der Waals surface area contributed by atoms with Gasteiger partial charge in [0.1, 0.15) is 5.69 Å². The molecule has 0 spiro atoms. The van der Waals surface area contributed by atoms with Crippen LogP contribution in [0.3, 0.4) is 0 Å². The first-order valence-electron chi connectivity index (χ1n) is 8.96. The number of anilines is 2. The highest BCUT2D eigenvalue weighted by Gasteiger charge is 2.11. The molecule has 0 amide bonds. The molecule has 0 atom stereocenters. The number of benzene rings is 3. The number of hydrogen-bond acceptors (Lipinski definition) is 3. The zero-order valence-corrected chi connectivity index (χ0v) is 15.1. The highest BCUT2D eigenvalue weighted by molar-refractivity contribution is 6.14. The van der Waals surface area contributed by atoms with Gasteiger partial charge in [-0.05, 0) is 24.3 Å². The summed E-state index contributed by atoms with van der Waals surface area (Å²) in [5, 5.41) is 3.08. The Morgan fingerprint density at radius 2 is 1.32 bits per heavy atom. The summed E-state index contributed by atoms with van der Waals surface area (Å²) in [5.74, 6) is -0.399. The fourth-order valence-corrected chi connectivity index (χ4v) is 2.90. The number of nitrogens with zero attached hydrogens (tertiary/aromatic N) is 2. The summed E-state index contributed by atoms with van der Waals surface area (Å²) in [7, 11) is 0.